The van der Waals surface area contributed by atoms with Crippen LogP contribution in [0.3, 0.4) is 0 Å². The van der Waals surface area contributed by atoms with Gasteiger partial charge in [0.1, 0.15) is 16.8 Å². The summed E-state index contributed by atoms with van der Waals surface area (Å²) in [5.74, 6) is -3.06. The second-order valence-corrected chi connectivity index (χ2v) is 7.25. The van der Waals surface area contributed by atoms with Gasteiger partial charge in [0, 0.05) is 24.0 Å². The van der Waals surface area contributed by atoms with Gasteiger partial charge in [0.15, 0.2) is 24.0 Å². The monoisotopic (exact) mass is 407 g/mol. The summed E-state index contributed by atoms with van der Waals surface area (Å²) in [6.45, 7) is -0.489. The number of anilines is 1. The van der Waals surface area contributed by atoms with E-state index in [-0.39, 0.29) is 4.90 Å². The molecule has 6 nitrogen and oxygen atoms in total. The zero-order valence-electron chi connectivity index (χ0n) is 14.0. The van der Waals surface area contributed by atoms with Gasteiger partial charge in [-0.05, 0) is 35.9 Å². The molecule has 0 aliphatic heterocycles. The van der Waals surface area contributed by atoms with Crippen molar-refractivity contribution in [3.8, 4) is 23.1 Å². The zero-order chi connectivity index (χ0) is 20.3. The van der Waals surface area contributed by atoms with Gasteiger partial charge in [-0.3, -0.25) is 4.72 Å². The van der Waals surface area contributed by atoms with Crippen molar-refractivity contribution in [3.05, 3.63) is 66.1 Å². The molecule has 1 aromatic heterocycles. The molecule has 144 valence electrons. The number of rotatable bonds is 6. The lowest BCUT2D eigenvalue weighted by Crippen LogP contribution is -2.13. The Morgan fingerprint density at radius 2 is 1.79 bits per heavy atom. The molecule has 0 amide bonds. The van der Waals surface area contributed by atoms with Crippen LogP contribution < -0.4 is 9.46 Å². The van der Waals surface area contributed by atoms with Crippen molar-refractivity contribution in [3.63, 3.8) is 0 Å². The van der Waals surface area contributed by atoms with E-state index in [2.05, 4.69) is 4.98 Å². The zero-order valence-corrected chi connectivity index (χ0v) is 14.9. The first-order valence-electron chi connectivity index (χ1n) is 7.76. The molecule has 3 aromatic rings. The molecule has 0 atom stereocenters. The highest BCUT2D eigenvalue weighted by Crippen LogP contribution is 2.28. The molecule has 28 heavy (non-hydrogen) atoms. The number of nitriles is 1. The van der Waals surface area contributed by atoms with Crippen molar-refractivity contribution < 1.29 is 26.3 Å². The molecule has 1 heterocycles. The first-order chi connectivity index (χ1) is 13.3. The highest BCUT2D eigenvalue weighted by molar-refractivity contribution is 7.92. The molecule has 0 bridgehead atoms. The van der Waals surface area contributed by atoms with E-state index in [1.807, 2.05) is 4.72 Å². The number of nitrogens with zero attached hydrogens (tertiary/aromatic N) is 1. The normalized spacial score (nSPS) is 11.1. The fourth-order valence-corrected chi connectivity index (χ4v) is 3.41. The first-order valence-corrected chi connectivity index (χ1v) is 9.24. The Balaban J connectivity index is 1.85. The summed E-state index contributed by atoms with van der Waals surface area (Å²) in [5.41, 5.74) is 0.317. The number of H-pyrrole nitrogens is 1. The third kappa shape index (κ3) is 4.10. The summed E-state index contributed by atoms with van der Waals surface area (Å²) >= 11 is 0. The number of hydrogen-bond donors (Lipinski definition) is 2. The van der Waals surface area contributed by atoms with Crippen molar-refractivity contribution >= 4 is 15.7 Å². The van der Waals surface area contributed by atoms with Gasteiger partial charge < -0.3 is 9.72 Å². The second-order valence-electron chi connectivity index (χ2n) is 5.57. The lowest BCUT2D eigenvalue weighted by molar-refractivity contribution is 0.344. The molecule has 2 aromatic carbocycles. The van der Waals surface area contributed by atoms with E-state index in [4.69, 9.17) is 10.00 Å². The van der Waals surface area contributed by atoms with E-state index in [0.717, 1.165) is 0 Å². The fourth-order valence-electron chi connectivity index (χ4n) is 2.36. The minimum absolute atomic E-state index is 0.226. The average molecular weight is 407 g/mol. The van der Waals surface area contributed by atoms with Crippen LogP contribution in [0, 0.1) is 28.8 Å². The number of aromatic nitrogens is 1. The quantitative estimate of drug-likeness (QED) is 0.650. The van der Waals surface area contributed by atoms with Crippen LogP contribution in [0.15, 0.2) is 53.6 Å². The van der Waals surface area contributed by atoms with E-state index in [1.54, 1.807) is 6.07 Å². The van der Waals surface area contributed by atoms with E-state index in [9.17, 15) is 21.6 Å². The number of aromatic amines is 1. The van der Waals surface area contributed by atoms with Gasteiger partial charge in [0.05, 0.1) is 5.69 Å². The third-order valence-electron chi connectivity index (χ3n) is 3.68. The Morgan fingerprint density at radius 1 is 1.07 bits per heavy atom. The lowest BCUT2D eigenvalue weighted by atomic mass is 10.1. The van der Waals surface area contributed by atoms with E-state index in [1.165, 1.54) is 36.5 Å². The number of nitrogens with one attached hydrogen (secondary N) is 2. The largest absolute Gasteiger partial charge is 0.476 e. The van der Waals surface area contributed by atoms with Crippen LogP contribution in [0.5, 0.6) is 5.75 Å². The van der Waals surface area contributed by atoms with Crippen LogP contribution in [0.4, 0.5) is 18.9 Å². The molecule has 10 heteroatoms. The first kappa shape index (κ1) is 19.3. The lowest BCUT2D eigenvalue weighted by Gasteiger charge is -2.10. The summed E-state index contributed by atoms with van der Waals surface area (Å²) < 4.78 is 72.6. The maximum absolute atomic E-state index is 14.1. The predicted octanol–water partition coefficient (Wildman–Crippen LogP) is 3.80. The summed E-state index contributed by atoms with van der Waals surface area (Å²) in [6, 6.07) is 9.50. The summed E-state index contributed by atoms with van der Waals surface area (Å²) in [7, 11) is -4.23. The smallest absolute Gasteiger partial charge is 0.263 e. The molecule has 0 fully saturated rings. The van der Waals surface area contributed by atoms with Gasteiger partial charge in [-0.2, -0.15) is 5.26 Å². The van der Waals surface area contributed by atoms with Crippen LogP contribution in [0.1, 0.15) is 0 Å². The number of hydrogen-bond acceptors (Lipinski definition) is 4. The fraction of sp³-hybridized carbons (Fsp3) is 0.0556. The summed E-state index contributed by atoms with van der Waals surface area (Å²) in [5, 5.41) is 8.41. The molecule has 0 saturated carbocycles. The maximum atomic E-state index is 14.1. The highest BCUT2D eigenvalue weighted by atomic mass is 32.2. The average Bonchev–Trinajstić information content (AvgIpc) is 3.15. The number of halogens is 3. The van der Waals surface area contributed by atoms with Gasteiger partial charge >= 0.3 is 0 Å². The maximum Gasteiger partial charge on any atom is 0.263 e. The Morgan fingerprint density at radius 3 is 2.46 bits per heavy atom. The Kier molecular flexibility index (Phi) is 5.28. The van der Waals surface area contributed by atoms with E-state index in [0.29, 0.717) is 23.4 Å². The molecule has 3 rings (SSSR count). The molecule has 2 N–H and O–H groups in total. The van der Waals surface area contributed by atoms with E-state index < -0.39 is 45.5 Å². The van der Waals surface area contributed by atoms with Crippen LogP contribution >= 0.6 is 0 Å². The summed E-state index contributed by atoms with van der Waals surface area (Å²) in [6.07, 6.45) is 1.17. The number of ether oxygens (including phenoxy) is 1. The van der Waals surface area contributed by atoms with Crippen molar-refractivity contribution in [1.82, 2.24) is 4.98 Å². The Hall–Kier alpha value is -3.45. The standard InChI is InChI=1S/C18H12F3N3O3S/c19-12-3-1-11(2-4-12)16-7-13(10-23-16)28(25,26)24-17-8-15(21)18(9-14(17)20)27-6-5-22/h1-4,7-10,23-24H,6H2. The third-order valence-corrected chi connectivity index (χ3v) is 5.03. The predicted molar refractivity (Wildman–Crippen MR) is 94.5 cm³/mol. The Bertz CT molecular complexity index is 1150. The molecule has 0 aliphatic carbocycles. The summed E-state index contributed by atoms with van der Waals surface area (Å²) in [4.78, 5) is 2.51. The van der Waals surface area contributed by atoms with Crippen LogP contribution in [0.25, 0.3) is 11.3 Å². The Labute approximate surface area is 158 Å². The molecule has 0 saturated heterocycles. The molecule has 0 radical (unpaired) electrons. The van der Waals surface area contributed by atoms with Gasteiger partial charge in [0.2, 0.25) is 0 Å². The minimum atomic E-state index is -4.23. The topological polar surface area (TPSA) is 95.0 Å². The van der Waals surface area contributed by atoms with Gasteiger partial charge in [-0.1, -0.05) is 0 Å². The van der Waals surface area contributed by atoms with Crippen molar-refractivity contribution in [2.75, 3.05) is 11.3 Å². The van der Waals surface area contributed by atoms with Gasteiger partial charge in [0.25, 0.3) is 10.0 Å². The molecular formula is C18H12F3N3O3S. The van der Waals surface area contributed by atoms with Crippen LogP contribution in [0.2, 0.25) is 0 Å². The molecule has 0 spiro atoms. The van der Waals surface area contributed by atoms with Crippen molar-refractivity contribution in [1.29, 1.82) is 5.26 Å². The minimum Gasteiger partial charge on any atom is -0.476 e. The highest BCUT2D eigenvalue weighted by Gasteiger charge is 2.20. The number of sulfonamides is 1. The second kappa shape index (κ2) is 7.66. The molecule has 0 aliphatic rings. The van der Waals surface area contributed by atoms with Gasteiger partial charge in [-0.15, -0.1) is 0 Å². The van der Waals surface area contributed by atoms with Crippen LogP contribution in [-0.4, -0.2) is 20.0 Å². The van der Waals surface area contributed by atoms with Gasteiger partial charge in [-0.25, -0.2) is 21.6 Å². The van der Waals surface area contributed by atoms with Crippen molar-refractivity contribution in [2.24, 2.45) is 0 Å². The number of benzene rings is 2. The van der Waals surface area contributed by atoms with Crippen molar-refractivity contribution in [2.45, 2.75) is 4.90 Å². The SMILES string of the molecule is N#CCOc1cc(F)c(NS(=O)(=O)c2c[nH]c(-c3ccc(F)cc3)c2)cc1F. The molecule has 0 unspecified atom stereocenters. The van der Waals surface area contributed by atoms with Crippen LogP contribution in [-0.2, 0) is 10.0 Å². The van der Waals surface area contributed by atoms with E-state index >= 15 is 0 Å². The molecular weight excluding hydrogens is 395 g/mol.